The number of aryl methyl sites for hydroxylation is 2. The maximum Gasteiger partial charge on any atom is 0.123 e. The lowest BCUT2D eigenvalue weighted by Crippen LogP contribution is -2.23. The first kappa shape index (κ1) is 19.5. The average molecular weight is 402 g/mol. The van der Waals surface area contributed by atoms with E-state index >= 15 is 0 Å². The zero-order valence-corrected chi connectivity index (χ0v) is 17.3. The maximum atomic E-state index is 14.1. The van der Waals surface area contributed by atoms with E-state index in [0.29, 0.717) is 0 Å². The Morgan fingerprint density at radius 2 is 1.14 bits per heavy atom. The van der Waals surface area contributed by atoms with Crippen LogP contribution >= 0.6 is 7.92 Å². The van der Waals surface area contributed by atoms with Crippen molar-refractivity contribution >= 4 is 23.8 Å². The van der Waals surface area contributed by atoms with E-state index in [0.717, 1.165) is 32.6 Å². The van der Waals surface area contributed by atoms with Gasteiger partial charge in [0.05, 0.1) is 0 Å². The lowest BCUT2D eigenvalue weighted by Gasteiger charge is -2.24. The van der Waals surface area contributed by atoms with E-state index in [-0.39, 0.29) is 11.6 Å². The van der Waals surface area contributed by atoms with Crippen molar-refractivity contribution in [3.05, 3.63) is 114 Å². The third-order valence-electron chi connectivity index (χ3n) is 5.04. The molecular weight excluding hydrogens is 381 g/mol. The molecule has 0 radical (unpaired) electrons. The molecule has 0 aliphatic rings. The molecule has 3 heteroatoms. The smallest absolute Gasteiger partial charge is 0.123 e. The minimum atomic E-state index is -1.13. The number of halogens is 2. The van der Waals surface area contributed by atoms with E-state index in [1.165, 1.54) is 17.7 Å². The summed E-state index contributed by atoms with van der Waals surface area (Å²) < 4.78 is 28.3. The van der Waals surface area contributed by atoms with Gasteiger partial charge in [-0.15, -0.1) is 0 Å². The largest absolute Gasteiger partial charge is 0.207 e. The summed E-state index contributed by atoms with van der Waals surface area (Å²) in [6.45, 7) is 4.19. The molecule has 0 aliphatic heterocycles. The quantitative estimate of drug-likeness (QED) is 0.367. The molecule has 0 atom stereocenters. The molecular formula is C26H21F2P. The predicted octanol–water partition coefficient (Wildman–Crippen LogP) is 6.01. The van der Waals surface area contributed by atoms with E-state index in [2.05, 4.69) is 38.1 Å². The third-order valence-corrected chi connectivity index (χ3v) is 7.48. The Bertz CT molecular complexity index is 1120. The van der Waals surface area contributed by atoms with Gasteiger partial charge in [0.15, 0.2) is 0 Å². The summed E-state index contributed by atoms with van der Waals surface area (Å²) in [5, 5.41) is 2.84. The maximum absolute atomic E-state index is 14.1. The minimum Gasteiger partial charge on any atom is -0.207 e. The highest BCUT2D eigenvalue weighted by Crippen LogP contribution is 2.39. The van der Waals surface area contributed by atoms with Gasteiger partial charge in [0.2, 0.25) is 0 Å². The van der Waals surface area contributed by atoms with Crippen LogP contribution in [0.5, 0.6) is 0 Å². The molecule has 29 heavy (non-hydrogen) atoms. The first-order valence-corrected chi connectivity index (χ1v) is 10.9. The highest BCUT2D eigenvalue weighted by Gasteiger charge is 2.22. The zero-order valence-electron chi connectivity index (χ0n) is 16.4. The van der Waals surface area contributed by atoms with E-state index < -0.39 is 7.92 Å². The summed E-state index contributed by atoms with van der Waals surface area (Å²) in [5.74, 6) is -0.562. The van der Waals surface area contributed by atoms with Crippen LogP contribution in [0, 0.1) is 25.5 Å². The van der Waals surface area contributed by atoms with Crippen LogP contribution in [-0.2, 0) is 0 Å². The Hall–Kier alpha value is -2.83. The van der Waals surface area contributed by atoms with Gasteiger partial charge in [-0.05, 0) is 84.2 Å². The summed E-state index contributed by atoms with van der Waals surface area (Å²) >= 11 is 0. The number of hydrogen-bond donors (Lipinski definition) is 0. The molecule has 0 bridgehead atoms. The molecule has 0 fully saturated rings. The van der Waals surface area contributed by atoms with Crippen molar-refractivity contribution in [2.45, 2.75) is 13.8 Å². The van der Waals surface area contributed by atoms with Gasteiger partial charge in [-0.2, -0.15) is 0 Å². The van der Waals surface area contributed by atoms with Crippen LogP contribution in [0.25, 0.3) is 11.1 Å². The first-order chi connectivity index (χ1) is 14.0. The predicted molar refractivity (Wildman–Crippen MR) is 120 cm³/mol. The van der Waals surface area contributed by atoms with Crippen molar-refractivity contribution < 1.29 is 8.78 Å². The van der Waals surface area contributed by atoms with Gasteiger partial charge in [0, 0.05) is 0 Å². The van der Waals surface area contributed by atoms with Crippen LogP contribution in [0.1, 0.15) is 11.1 Å². The Balaban J connectivity index is 2.02. The lowest BCUT2D eigenvalue weighted by molar-refractivity contribution is 0.629. The molecule has 0 aromatic heterocycles. The molecule has 0 saturated carbocycles. The normalized spacial score (nSPS) is 11.1. The molecule has 0 unspecified atom stereocenters. The summed E-state index contributed by atoms with van der Waals surface area (Å²) in [5.41, 5.74) is 4.62. The van der Waals surface area contributed by atoms with Crippen molar-refractivity contribution in [3.8, 4) is 11.1 Å². The summed E-state index contributed by atoms with van der Waals surface area (Å²) in [4.78, 5) is 0. The highest BCUT2D eigenvalue weighted by atomic mass is 31.1. The molecule has 0 spiro atoms. The number of rotatable bonds is 4. The minimum absolute atomic E-state index is 0.281. The summed E-state index contributed by atoms with van der Waals surface area (Å²) in [7, 11) is -1.13. The summed E-state index contributed by atoms with van der Waals surface area (Å²) in [6.07, 6.45) is 0. The molecule has 4 aromatic rings. The summed E-state index contributed by atoms with van der Waals surface area (Å²) in [6, 6.07) is 27.8. The van der Waals surface area contributed by atoms with E-state index in [1.54, 1.807) is 24.3 Å². The fourth-order valence-electron chi connectivity index (χ4n) is 3.70. The molecule has 0 aliphatic carbocycles. The second-order valence-corrected chi connectivity index (χ2v) is 9.26. The Labute approximate surface area is 171 Å². The number of benzene rings is 4. The first-order valence-electron chi connectivity index (χ1n) is 9.51. The van der Waals surface area contributed by atoms with E-state index in [9.17, 15) is 8.78 Å². The topological polar surface area (TPSA) is 0 Å². The lowest BCUT2D eigenvalue weighted by atomic mass is 9.97. The van der Waals surface area contributed by atoms with Crippen LogP contribution in [0.15, 0.2) is 91.0 Å². The van der Waals surface area contributed by atoms with Gasteiger partial charge in [-0.1, -0.05) is 66.7 Å². The molecule has 0 N–H and O–H groups in total. The molecule has 4 rings (SSSR count). The van der Waals surface area contributed by atoms with Crippen molar-refractivity contribution in [2.24, 2.45) is 0 Å². The van der Waals surface area contributed by atoms with Crippen LogP contribution in [0.4, 0.5) is 8.78 Å². The second-order valence-electron chi connectivity index (χ2n) is 7.08. The highest BCUT2D eigenvalue weighted by molar-refractivity contribution is 7.80. The van der Waals surface area contributed by atoms with Gasteiger partial charge < -0.3 is 0 Å². The van der Waals surface area contributed by atoms with Crippen LogP contribution < -0.4 is 15.9 Å². The van der Waals surface area contributed by atoms with Crippen molar-refractivity contribution in [1.29, 1.82) is 0 Å². The van der Waals surface area contributed by atoms with Crippen molar-refractivity contribution in [2.75, 3.05) is 0 Å². The molecule has 4 aromatic carbocycles. The fraction of sp³-hybridized carbons (Fsp3) is 0.0769. The Kier molecular flexibility index (Phi) is 5.56. The number of hydrogen-bond acceptors (Lipinski definition) is 0. The van der Waals surface area contributed by atoms with Crippen LogP contribution in [0.2, 0.25) is 0 Å². The Morgan fingerprint density at radius 3 is 1.72 bits per heavy atom. The molecule has 0 heterocycles. The second kappa shape index (κ2) is 8.27. The Morgan fingerprint density at radius 1 is 0.586 bits per heavy atom. The van der Waals surface area contributed by atoms with Crippen molar-refractivity contribution in [3.63, 3.8) is 0 Å². The molecule has 0 nitrogen and oxygen atoms in total. The molecule has 0 saturated heterocycles. The standard InChI is InChI=1S/C26H21F2P/c1-18-8-3-4-14-24(18)26-19(2)9-5-15-25(26)29(22-12-6-10-20(27)16-22)23-13-7-11-21(28)17-23/h3-17H,1-2H3. The molecule has 144 valence electrons. The van der Waals surface area contributed by atoms with Gasteiger partial charge in [0.25, 0.3) is 0 Å². The van der Waals surface area contributed by atoms with Gasteiger partial charge in [0.1, 0.15) is 11.6 Å². The molecule has 0 amide bonds. The zero-order chi connectivity index (χ0) is 20.4. The van der Waals surface area contributed by atoms with Crippen LogP contribution in [0.3, 0.4) is 0 Å². The van der Waals surface area contributed by atoms with Crippen molar-refractivity contribution in [1.82, 2.24) is 0 Å². The SMILES string of the molecule is Cc1ccccc1-c1c(C)cccc1P(c1cccc(F)c1)c1cccc(F)c1. The third kappa shape index (κ3) is 3.99. The van der Waals surface area contributed by atoms with E-state index in [1.807, 2.05) is 30.3 Å². The van der Waals surface area contributed by atoms with E-state index in [4.69, 9.17) is 0 Å². The van der Waals surface area contributed by atoms with Gasteiger partial charge >= 0.3 is 0 Å². The van der Waals surface area contributed by atoms with Gasteiger partial charge in [-0.25, -0.2) is 8.78 Å². The average Bonchev–Trinajstić information content (AvgIpc) is 2.69. The van der Waals surface area contributed by atoms with Crippen LogP contribution in [-0.4, -0.2) is 0 Å². The fourth-order valence-corrected chi connectivity index (χ4v) is 6.29. The van der Waals surface area contributed by atoms with Gasteiger partial charge in [-0.3, -0.25) is 0 Å². The monoisotopic (exact) mass is 402 g/mol.